The van der Waals surface area contributed by atoms with Crippen LogP contribution in [0, 0.1) is 5.92 Å². The van der Waals surface area contributed by atoms with Crippen LogP contribution in [0.4, 0.5) is 18.9 Å². The Hall–Kier alpha value is -1.28. The summed E-state index contributed by atoms with van der Waals surface area (Å²) in [6.45, 7) is 3.58. The molecule has 0 aliphatic heterocycles. The molecule has 0 aliphatic carbocycles. The van der Waals surface area contributed by atoms with Crippen molar-refractivity contribution in [2.75, 3.05) is 5.32 Å². The van der Waals surface area contributed by atoms with Gasteiger partial charge in [0.25, 0.3) is 0 Å². The van der Waals surface area contributed by atoms with Crippen molar-refractivity contribution in [3.63, 3.8) is 0 Å². The lowest BCUT2D eigenvalue weighted by molar-refractivity contribution is -0.274. The Morgan fingerprint density at radius 1 is 1.40 bits per heavy atom. The monoisotopic (exact) mass is 354 g/mol. The molecule has 1 aromatic rings. The second-order valence-corrected chi connectivity index (χ2v) is 5.31. The molecule has 1 atom stereocenters. The van der Waals surface area contributed by atoms with E-state index in [9.17, 15) is 18.0 Å². The van der Waals surface area contributed by atoms with Gasteiger partial charge in [-0.15, -0.1) is 13.2 Å². The molecule has 4 nitrogen and oxygen atoms in total. The summed E-state index contributed by atoms with van der Waals surface area (Å²) in [7, 11) is 0. The van der Waals surface area contributed by atoms with Crippen molar-refractivity contribution in [1.82, 2.24) is 0 Å². The molecular formula is C12H14BrF3N2O2. The number of ether oxygens (including phenoxy) is 1. The highest BCUT2D eigenvalue weighted by Gasteiger charge is 2.32. The van der Waals surface area contributed by atoms with Crippen LogP contribution in [0.1, 0.15) is 13.8 Å². The van der Waals surface area contributed by atoms with Gasteiger partial charge < -0.3 is 15.8 Å². The number of carbonyl (C=O) groups is 1. The third kappa shape index (κ3) is 5.01. The average Bonchev–Trinajstić information content (AvgIpc) is 2.30. The largest absolute Gasteiger partial charge is 0.573 e. The normalized spacial score (nSPS) is 13.2. The summed E-state index contributed by atoms with van der Waals surface area (Å²) >= 11 is 2.95. The molecular weight excluding hydrogens is 341 g/mol. The van der Waals surface area contributed by atoms with Gasteiger partial charge in [-0.05, 0) is 40.0 Å². The minimum atomic E-state index is -4.77. The number of hydrogen-bond donors (Lipinski definition) is 2. The van der Waals surface area contributed by atoms with Crippen molar-refractivity contribution < 1.29 is 22.7 Å². The SMILES string of the molecule is CC(C)[C@H](N)C(=O)Nc1ccc(OC(F)(F)F)c(Br)c1. The molecule has 0 radical (unpaired) electrons. The number of amides is 1. The fraction of sp³-hybridized carbons (Fsp3) is 0.417. The van der Waals surface area contributed by atoms with Crippen molar-refractivity contribution in [2.45, 2.75) is 26.3 Å². The number of alkyl halides is 3. The molecule has 0 aliphatic rings. The van der Waals surface area contributed by atoms with Gasteiger partial charge in [0.1, 0.15) is 5.75 Å². The predicted octanol–water partition coefficient (Wildman–Crippen LogP) is 3.27. The van der Waals surface area contributed by atoms with E-state index in [1.807, 2.05) is 0 Å². The molecule has 8 heteroatoms. The zero-order valence-electron chi connectivity index (χ0n) is 10.8. The van der Waals surface area contributed by atoms with E-state index in [-0.39, 0.29) is 16.1 Å². The fourth-order valence-electron chi connectivity index (χ4n) is 1.31. The average molecular weight is 355 g/mol. The molecule has 0 unspecified atom stereocenters. The van der Waals surface area contributed by atoms with Gasteiger partial charge in [0, 0.05) is 5.69 Å². The number of rotatable bonds is 4. The molecule has 112 valence electrons. The van der Waals surface area contributed by atoms with Crippen LogP contribution in [-0.2, 0) is 4.79 Å². The number of nitrogens with one attached hydrogen (secondary N) is 1. The van der Waals surface area contributed by atoms with Gasteiger partial charge in [0.15, 0.2) is 0 Å². The fourth-order valence-corrected chi connectivity index (χ4v) is 1.77. The molecule has 20 heavy (non-hydrogen) atoms. The first kappa shape index (κ1) is 16.8. The Labute approximate surface area is 122 Å². The quantitative estimate of drug-likeness (QED) is 0.871. The number of hydrogen-bond acceptors (Lipinski definition) is 3. The van der Waals surface area contributed by atoms with Gasteiger partial charge in [-0.1, -0.05) is 13.8 Å². The molecule has 1 rings (SSSR count). The molecule has 0 fully saturated rings. The van der Waals surface area contributed by atoms with Gasteiger partial charge in [-0.2, -0.15) is 0 Å². The highest BCUT2D eigenvalue weighted by Crippen LogP contribution is 2.32. The molecule has 0 spiro atoms. The molecule has 0 heterocycles. The second-order valence-electron chi connectivity index (χ2n) is 4.45. The molecule has 0 aromatic heterocycles. The highest BCUT2D eigenvalue weighted by atomic mass is 79.9. The van der Waals surface area contributed by atoms with E-state index in [2.05, 4.69) is 26.0 Å². The van der Waals surface area contributed by atoms with Gasteiger partial charge in [-0.25, -0.2) is 0 Å². The standard InChI is InChI=1S/C12H14BrF3N2O2/c1-6(2)10(17)11(19)18-7-3-4-9(8(13)5-7)20-12(14,15)16/h3-6,10H,17H2,1-2H3,(H,18,19)/t10-/m0/s1. The lowest BCUT2D eigenvalue weighted by Crippen LogP contribution is -2.39. The zero-order chi connectivity index (χ0) is 15.5. The minimum absolute atomic E-state index is 0.0497. The molecule has 1 aromatic carbocycles. The Bertz CT molecular complexity index is 492. The van der Waals surface area contributed by atoms with E-state index < -0.39 is 18.3 Å². The third-order valence-electron chi connectivity index (χ3n) is 2.45. The Morgan fingerprint density at radius 3 is 2.45 bits per heavy atom. The number of carbonyl (C=O) groups excluding carboxylic acids is 1. The van der Waals surface area contributed by atoms with E-state index in [0.29, 0.717) is 5.69 Å². The van der Waals surface area contributed by atoms with E-state index >= 15 is 0 Å². The zero-order valence-corrected chi connectivity index (χ0v) is 12.4. The Kier molecular flexibility index (Phi) is 5.41. The number of nitrogens with two attached hydrogens (primary N) is 1. The van der Waals surface area contributed by atoms with E-state index in [0.717, 1.165) is 6.07 Å². The summed E-state index contributed by atoms with van der Waals surface area (Å²) in [5.41, 5.74) is 5.99. The molecule has 3 N–H and O–H groups in total. The summed E-state index contributed by atoms with van der Waals surface area (Å²) in [6, 6.07) is 3.02. The maximum absolute atomic E-state index is 12.1. The van der Waals surface area contributed by atoms with Crippen LogP contribution in [0.5, 0.6) is 5.75 Å². The van der Waals surface area contributed by atoms with Crippen molar-refractivity contribution in [2.24, 2.45) is 11.7 Å². The number of benzene rings is 1. The lowest BCUT2D eigenvalue weighted by Gasteiger charge is -2.16. The van der Waals surface area contributed by atoms with Crippen LogP contribution in [-0.4, -0.2) is 18.3 Å². The van der Waals surface area contributed by atoms with Crippen LogP contribution in [0.2, 0.25) is 0 Å². The van der Waals surface area contributed by atoms with Gasteiger partial charge in [-0.3, -0.25) is 4.79 Å². The first-order valence-corrected chi connectivity index (χ1v) is 6.51. The summed E-state index contributed by atoms with van der Waals surface area (Å²) in [4.78, 5) is 11.7. The van der Waals surface area contributed by atoms with E-state index in [4.69, 9.17) is 5.73 Å². The van der Waals surface area contributed by atoms with Gasteiger partial charge in [0.05, 0.1) is 10.5 Å². The van der Waals surface area contributed by atoms with Gasteiger partial charge in [0.2, 0.25) is 5.91 Å². The predicted molar refractivity (Wildman–Crippen MR) is 72.3 cm³/mol. The number of anilines is 1. The second kappa shape index (κ2) is 6.45. The van der Waals surface area contributed by atoms with Crippen molar-refractivity contribution in [3.05, 3.63) is 22.7 Å². The minimum Gasteiger partial charge on any atom is -0.405 e. The van der Waals surface area contributed by atoms with Crippen LogP contribution in [0.25, 0.3) is 0 Å². The maximum atomic E-state index is 12.1. The first-order valence-electron chi connectivity index (χ1n) is 5.72. The summed E-state index contributed by atoms with van der Waals surface area (Å²) in [6.07, 6.45) is -4.77. The van der Waals surface area contributed by atoms with Crippen LogP contribution in [0.15, 0.2) is 22.7 Å². The Balaban J connectivity index is 2.80. The van der Waals surface area contributed by atoms with Crippen molar-refractivity contribution in [1.29, 1.82) is 0 Å². The van der Waals surface area contributed by atoms with Crippen LogP contribution >= 0.6 is 15.9 Å². The van der Waals surface area contributed by atoms with Crippen molar-refractivity contribution in [3.8, 4) is 5.75 Å². The highest BCUT2D eigenvalue weighted by molar-refractivity contribution is 9.10. The maximum Gasteiger partial charge on any atom is 0.573 e. The molecule has 0 saturated heterocycles. The molecule has 1 amide bonds. The van der Waals surface area contributed by atoms with Crippen molar-refractivity contribution >= 4 is 27.5 Å². The smallest absolute Gasteiger partial charge is 0.405 e. The van der Waals surface area contributed by atoms with E-state index in [1.165, 1.54) is 12.1 Å². The summed E-state index contributed by atoms with van der Waals surface area (Å²) < 4.78 is 40.2. The van der Waals surface area contributed by atoms with E-state index in [1.54, 1.807) is 13.8 Å². The Morgan fingerprint density at radius 2 is 2.00 bits per heavy atom. The third-order valence-corrected chi connectivity index (χ3v) is 3.07. The molecule has 0 bridgehead atoms. The lowest BCUT2D eigenvalue weighted by atomic mass is 10.1. The van der Waals surface area contributed by atoms with Crippen LogP contribution < -0.4 is 15.8 Å². The number of halogens is 4. The van der Waals surface area contributed by atoms with Gasteiger partial charge >= 0.3 is 6.36 Å². The summed E-state index contributed by atoms with van der Waals surface area (Å²) in [5.74, 6) is -0.841. The first-order chi connectivity index (χ1) is 9.10. The molecule has 0 saturated carbocycles. The summed E-state index contributed by atoms with van der Waals surface area (Å²) in [5, 5.41) is 2.52. The van der Waals surface area contributed by atoms with Crippen LogP contribution in [0.3, 0.4) is 0 Å². The topological polar surface area (TPSA) is 64.4 Å².